The summed E-state index contributed by atoms with van der Waals surface area (Å²) in [5.74, 6) is -2.81. The third kappa shape index (κ3) is 5.28. The SMILES string of the molecule is NC(=O)[C@@]1(CF)COc2c1cc(C(O)(CNC(=O)c1cc(OC3CC3)c3ncccc3c1)C(F)(F)F)nc2-c1ccc(F)cc1. The summed E-state index contributed by atoms with van der Waals surface area (Å²) in [4.78, 5) is 33.9. The molecule has 2 atom stereocenters. The van der Waals surface area contributed by atoms with E-state index in [2.05, 4.69) is 15.3 Å². The molecule has 3 heterocycles. The number of nitrogens with two attached hydrogens (primary N) is 1. The molecule has 1 fully saturated rings. The fraction of sp³-hybridized carbons (Fsp3) is 0.290. The number of carbonyl (C=O) groups excluding carboxylic acids is 2. The molecular formula is C31H25F5N4O5. The highest BCUT2D eigenvalue weighted by atomic mass is 19.4. The third-order valence-corrected chi connectivity index (χ3v) is 7.92. The Morgan fingerprint density at radius 2 is 1.87 bits per heavy atom. The van der Waals surface area contributed by atoms with Gasteiger partial charge in [0.1, 0.15) is 47.2 Å². The van der Waals surface area contributed by atoms with E-state index in [1.807, 2.05) is 0 Å². The third-order valence-electron chi connectivity index (χ3n) is 7.92. The van der Waals surface area contributed by atoms with Crippen LogP contribution >= 0.6 is 0 Å². The first-order valence-corrected chi connectivity index (χ1v) is 13.8. The summed E-state index contributed by atoms with van der Waals surface area (Å²) in [7, 11) is 0. The highest BCUT2D eigenvalue weighted by molar-refractivity contribution is 6.00. The van der Waals surface area contributed by atoms with Gasteiger partial charge in [0.15, 0.2) is 0 Å². The zero-order valence-electron chi connectivity index (χ0n) is 23.3. The van der Waals surface area contributed by atoms with E-state index < -0.39 is 60.3 Å². The first-order valence-electron chi connectivity index (χ1n) is 13.8. The Bertz CT molecular complexity index is 1820. The molecule has 0 spiro atoms. The summed E-state index contributed by atoms with van der Waals surface area (Å²) in [6, 6.07) is 11.2. The van der Waals surface area contributed by atoms with Gasteiger partial charge in [-0.1, -0.05) is 6.07 Å². The fourth-order valence-corrected chi connectivity index (χ4v) is 5.10. The van der Waals surface area contributed by atoms with Gasteiger partial charge in [-0.05, 0) is 61.4 Å². The molecule has 1 aliphatic heterocycles. The Kier molecular flexibility index (Phi) is 7.34. The van der Waals surface area contributed by atoms with Crippen molar-refractivity contribution in [2.45, 2.75) is 36.1 Å². The van der Waals surface area contributed by atoms with Crippen LogP contribution in [0.1, 0.15) is 34.5 Å². The lowest BCUT2D eigenvalue weighted by Gasteiger charge is -2.31. The van der Waals surface area contributed by atoms with Crippen molar-refractivity contribution >= 4 is 22.7 Å². The summed E-state index contributed by atoms with van der Waals surface area (Å²) in [5.41, 5.74) is -1.86. The van der Waals surface area contributed by atoms with E-state index >= 15 is 0 Å². The van der Waals surface area contributed by atoms with Crippen molar-refractivity contribution < 1.29 is 46.1 Å². The number of amides is 2. The topological polar surface area (TPSA) is 137 Å². The van der Waals surface area contributed by atoms with Crippen LogP contribution in [0.5, 0.6) is 11.5 Å². The molecule has 1 aliphatic carbocycles. The largest absolute Gasteiger partial charge is 0.489 e. The second-order valence-corrected chi connectivity index (χ2v) is 11.0. The highest BCUT2D eigenvalue weighted by Gasteiger charge is 2.58. The minimum Gasteiger partial charge on any atom is -0.489 e. The Morgan fingerprint density at radius 1 is 1.13 bits per heavy atom. The number of benzene rings is 2. The van der Waals surface area contributed by atoms with Gasteiger partial charge in [0, 0.05) is 28.3 Å². The van der Waals surface area contributed by atoms with Crippen molar-refractivity contribution in [1.82, 2.24) is 15.3 Å². The molecule has 4 aromatic rings. The number of halogens is 5. The average Bonchev–Trinajstić information content (AvgIpc) is 3.75. The maximum absolute atomic E-state index is 14.7. The van der Waals surface area contributed by atoms with Gasteiger partial charge < -0.3 is 25.6 Å². The van der Waals surface area contributed by atoms with Gasteiger partial charge in [-0.15, -0.1) is 0 Å². The Labute approximate surface area is 252 Å². The minimum absolute atomic E-state index is 0.0511. The molecule has 4 N–H and O–H groups in total. The number of fused-ring (bicyclic) bond motifs is 2. The number of nitrogens with one attached hydrogen (secondary N) is 1. The van der Waals surface area contributed by atoms with Crippen molar-refractivity contribution in [3.05, 3.63) is 83.4 Å². The number of hydrogen-bond donors (Lipinski definition) is 3. The summed E-state index contributed by atoms with van der Waals surface area (Å²) in [6.07, 6.45) is -2.36. The van der Waals surface area contributed by atoms with E-state index in [1.54, 1.807) is 12.1 Å². The quantitative estimate of drug-likeness (QED) is 0.236. The molecule has 9 nitrogen and oxygen atoms in total. The van der Waals surface area contributed by atoms with Crippen LogP contribution in [0.3, 0.4) is 0 Å². The number of rotatable bonds is 9. The van der Waals surface area contributed by atoms with E-state index in [0.717, 1.165) is 25.0 Å². The number of alkyl halides is 4. The smallest absolute Gasteiger partial charge is 0.424 e. The lowest BCUT2D eigenvalue weighted by Crippen LogP contribution is -2.52. The number of nitrogens with zero attached hydrogens (tertiary/aromatic N) is 2. The molecule has 0 saturated heterocycles. The van der Waals surface area contributed by atoms with Gasteiger partial charge in [-0.2, -0.15) is 13.2 Å². The zero-order valence-corrected chi connectivity index (χ0v) is 23.3. The maximum Gasteiger partial charge on any atom is 0.424 e. The minimum atomic E-state index is -5.44. The first kappa shape index (κ1) is 30.2. The molecule has 1 unspecified atom stereocenters. The molecule has 14 heteroatoms. The van der Waals surface area contributed by atoms with Crippen molar-refractivity contribution in [1.29, 1.82) is 0 Å². The highest BCUT2D eigenvalue weighted by Crippen LogP contribution is 2.48. The maximum atomic E-state index is 14.7. The van der Waals surface area contributed by atoms with E-state index in [1.165, 1.54) is 30.5 Å². The Balaban J connectivity index is 1.41. The number of pyridine rings is 2. The van der Waals surface area contributed by atoms with Gasteiger partial charge >= 0.3 is 6.18 Å². The second kappa shape index (κ2) is 10.9. The first-order chi connectivity index (χ1) is 21.4. The molecule has 234 valence electrons. The standard InChI is InChI=1S/C31H25F5N4O5/c32-13-29(28(37)42)15-44-26-21(29)12-23(40-25(26)16-3-5-19(33)6-4-16)30(43,31(34,35)36)14-39-27(41)18-10-17-2-1-9-38-24(17)22(11-18)45-20-7-8-20/h1-6,9-12,20,43H,7-8,13-15H2,(H2,37,42)(H,39,41)/t29-,30?/m0/s1. The number of aliphatic hydroxyl groups is 1. The summed E-state index contributed by atoms with van der Waals surface area (Å²) >= 11 is 0. The molecular weight excluding hydrogens is 603 g/mol. The Morgan fingerprint density at radius 3 is 2.51 bits per heavy atom. The predicted molar refractivity (Wildman–Crippen MR) is 150 cm³/mol. The molecule has 0 radical (unpaired) electrons. The van der Waals surface area contributed by atoms with Gasteiger partial charge in [0.25, 0.3) is 5.91 Å². The number of aromatic nitrogens is 2. The van der Waals surface area contributed by atoms with Crippen molar-refractivity contribution in [2.75, 3.05) is 19.8 Å². The normalized spacial score (nSPS) is 19.0. The number of carbonyl (C=O) groups is 2. The zero-order chi connectivity index (χ0) is 32.1. The lowest BCUT2D eigenvalue weighted by molar-refractivity contribution is -0.265. The van der Waals surface area contributed by atoms with Gasteiger partial charge in [-0.25, -0.2) is 13.8 Å². The van der Waals surface area contributed by atoms with Gasteiger partial charge in [0.2, 0.25) is 11.5 Å². The van der Waals surface area contributed by atoms with E-state index in [4.69, 9.17) is 15.2 Å². The molecule has 2 aliphatic rings. The average molecular weight is 629 g/mol. The molecule has 6 rings (SSSR count). The van der Waals surface area contributed by atoms with Crippen LogP contribution in [0.4, 0.5) is 22.0 Å². The monoisotopic (exact) mass is 628 g/mol. The van der Waals surface area contributed by atoms with Gasteiger partial charge in [0.05, 0.1) is 18.3 Å². The summed E-state index contributed by atoms with van der Waals surface area (Å²) in [6.45, 7) is -3.49. The molecule has 2 amide bonds. The van der Waals surface area contributed by atoms with Crippen molar-refractivity contribution in [3.63, 3.8) is 0 Å². The van der Waals surface area contributed by atoms with Crippen LogP contribution in [0, 0.1) is 5.82 Å². The molecule has 45 heavy (non-hydrogen) atoms. The predicted octanol–water partition coefficient (Wildman–Crippen LogP) is 4.24. The summed E-state index contributed by atoms with van der Waals surface area (Å²) < 4.78 is 83.6. The number of ether oxygens (including phenoxy) is 2. The molecule has 2 aromatic carbocycles. The van der Waals surface area contributed by atoms with Crippen LogP contribution in [0.2, 0.25) is 0 Å². The number of primary amides is 1. The fourth-order valence-electron chi connectivity index (χ4n) is 5.10. The molecule has 0 bridgehead atoms. The van der Waals surface area contributed by atoms with Crippen LogP contribution in [0.25, 0.3) is 22.2 Å². The van der Waals surface area contributed by atoms with E-state index in [0.29, 0.717) is 17.0 Å². The molecule has 1 saturated carbocycles. The van der Waals surface area contributed by atoms with Crippen molar-refractivity contribution in [2.24, 2.45) is 5.73 Å². The summed E-state index contributed by atoms with van der Waals surface area (Å²) in [5, 5.41) is 13.9. The second-order valence-electron chi connectivity index (χ2n) is 11.0. The van der Waals surface area contributed by atoms with Crippen molar-refractivity contribution in [3.8, 4) is 22.8 Å². The number of hydrogen-bond acceptors (Lipinski definition) is 7. The van der Waals surface area contributed by atoms with Crippen LogP contribution in [-0.2, 0) is 15.8 Å². The Hall–Kier alpha value is -4.85. The van der Waals surface area contributed by atoms with Crippen LogP contribution in [0.15, 0.2) is 60.8 Å². The van der Waals surface area contributed by atoms with Crippen LogP contribution < -0.4 is 20.5 Å². The van der Waals surface area contributed by atoms with E-state index in [-0.39, 0.29) is 40.0 Å². The van der Waals surface area contributed by atoms with E-state index in [9.17, 15) is 36.6 Å². The van der Waals surface area contributed by atoms with Crippen LogP contribution in [-0.4, -0.2) is 59.0 Å². The lowest BCUT2D eigenvalue weighted by atomic mass is 9.81. The van der Waals surface area contributed by atoms with Gasteiger partial charge in [-0.3, -0.25) is 14.6 Å². The molecule has 2 aromatic heterocycles.